The third-order valence-electron chi connectivity index (χ3n) is 4.17. The maximum absolute atomic E-state index is 12.5. The van der Waals surface area contributed by atoms with Crippen LogP contribution in [0.25, 0.3) is 0 Å². The SMILES string of the molecule is CC(=O)N1CCN(C(=O)c2cnc(Nc3cccc(C)c3)cn2)CC1. The van der Waals surface area contributed by atoms with Gasteiger partial charge in [-0.15, -0.1) is 0 Å². The second-order valence-corrected chi connectivity index (χ2v) is 6.08. The van der Waals surface area contributed by atoms with Crippen molar-refractivity contribution in [1.82, 2.24) is 19.8 Å². The summed E-state index contributed by atoms with van der Waals surface area (Å²) in [6.07, 6.45) is 3.04. The molecule has 1 aliphatic rings. The van der Waals surface area contributed by atoms with Crippen LogP contribution in [0.15, 0.2) is 36.7 Å². The lowest BCUT2D eigenvalue weighted by molar-refractivity contribution is -0.130. The number of aryl methyl sites for hydroxylation is 1. The van der Waals surface area contributed by atoms with Gasteiger partial charge >= 0.3 is 0 Å². The van der Waals surface area contributed by atoms with Gasteiger partial charge in [-0.1, -0.05) is 12.1 Å². The van der Waals surface area contributed by atoms with Crippen LogP contribution in [-0.2, 0) is 4.79 Å². The van der Waals surface area contributed by atoms with Gasteiger partial charge in [-0.3, -0.25) is 9.59 Å². The largest absolute Gasteiger partial charge is 0.339 e. The maximum atomic E-state index is 12.5. The van der Waals surface area contributed by atoms with Crippen LogP contribution in [0.2, 0.25) is 0 Å². The predicted molar refractivity (Wildman–Crippen MR) is 94.7 cm³/mol. The number of rotatable bonds is 3. The van der Waals surface area contributed by atoms with Gasteiger partial charge in [-0.05, 0) is 24.6 Å². The fraction of sp³-hybridized carbons (Fsp3) is 0.333. The van der Waals surface area contributed by atoms with Crippen molar-refractivity contribution in [3.8, 4) is 0 Å². The van der Waals surface area contributed by atoms with E-state index >= 15 is 0 Å². The molecule has 0 unspecified atom stereocenters. The molecule has 7 heteroatoms. The van der Waals surface area contributed by atoms with Gasteiger partial charge in [-0.2, -0.15) is 0 Å². The number of carbonyl (C=O) groups excluding carboxylic acids is 2. The van der Waals surface area contributed by atoms with Crippen LogP contribution in [0.1, 0.15) is 23.0 Å². The van der Waals surface area contributed by atoms with Gasteiger partial charge in [0.05, 0.1) is 12.4 Å². The van der Waals surface area contributed by atoms with Crippen LogP contribution in [0, 0.1) is 6.92 Å². The van der Waals surface area contributed by atoms with E-state index in [9.17, 15) is 9.59 Å². The molecule has 0 bridgehead atoms. The van der Waals surface area contributed by atoms with Crippen LogP contribution < -0.4 is 5.32 Å². The van der Waals surface area contributed by atoms with E-state index in [0.29, 0.717) is 37.7 Å². The van der Waals surface area contributed by atoms with E-state index in [1.807, 2.05) is 31.2 Å². The first-order valence-electron chi connectivity index (χ1n) is 8.23. The quantitative estimate of drug-likeness (QED) is 0.923. The Hall–Kier alpha value is -2.96. The summed E-state index contributed by atoms with van der Waals surface area (Å²) < 4.78 is 0. The Bertz CT molecular complexity index is 767. The molecule has 1 aromatic heterocycles. The first kappa shape index (κ1) is 16.9. The molecule has 1 aliphatic heterocycles. The first-order chi connectivity index (χ1) is 12.0. The third-order valence-corrected chi connectivity index (χ3v) is 4.17. The van der Waals surface area contributed by atoms with Gasteiger partial charge in [0, 0.05) is 38.8 Å². The molecule has 7 nitrogen and oxygen atoms in total. The molecule has 1 aromatic carbocycles. The fourth-order valence-corrected chi connectivity index (χ4v) is 2.76. The number of benzene rings is 1. The van der Waals surface area contributed by atoms with Crippen molar-refractivity contribution in [2.24, 2.45) is 0 Å². The van der Waals surface area contributed by atoms with Crippen LogP contribution >= 0.6 is 0 Å². The van der Waals surface area contributed by atoms with E-state index in [-0.39, 0.29) is 11.8 Å². The summed E-state index contributed by atoms with van der Waals surface area (Å²) in [7, 11) is 0. The number of amides is 2. The number of piperazine rings is 1. The predicted octanol–water partition coefficient (Wildman–Crippen LogP) is 1.83. The fourth-order valence-electron chi connectivity index (χ4n) is 2.76. The number of hydrogen-bond acceptors (Lipinski definition) is 5. The van der Waals surface area contributed by atoms with Crippen molar-refractivity contribution in [1.29, 1.82) is 0 Å². The molecule has 130 valence electrons. The molecule has 1 fully saturated rings. The highest BCUT2D eigenvalue weighted by Gasteiger charge is 2.24. The number of aromatic nitrogens is 2. The van der Waals surface area contributed by atoms with Gasteiger partial charge in [-0.25, -0.2) is 9.97 Å². The molecule has 2 amide bonds. The maximum Gasteiger partial charge on any atom is 0.274 e. The molecular formula is C18H21N5O2. The third kappa shape index (κ3) is 4.12. The van der Waals surface area contributed by atoms with E-state index < -0.39 is 0 Å². The van der Waals surface area contributed by atoms with Crippen molar-refractivity contribution >= 4 is 23.3 Å². The van der Waals surface area contributed by atoms with Crippen LogP contribution in [0.5, 0.6) is 0 Å². The smallest absolute Gasteiger partial charge is 0.274 e. The summed E-state index contributed by atoms with van der Waals surface area (Å²) in [4.78, 5) is 35.8. The second-order valence-electron chi connectivity index (χ2n) is 6.08. The molecule has 0 radical (unpaired) electrons. The van der Waals surface area contributed by atoms with Crippen LogP contribution in [0.3, 0.4) is 0 Å². The summed E-state index contributed by atoms with van der Waals surface area (Å²) in [5.74, 6) is 0.472. The Morgan fingerprint density at radius 3 is 2.36 bits per heavy atom. The number of carbonyl (C=O) groups is 2. The molecular weight excluding hydrogens is 318 g/mol. The van der Waals surface area contributed by atoms with Gasteiger partial charge in [0.1, 0.15) is 11.5 Å². The Morgan fingerprint density at radius 1 is 1.04 bits per heavy atom. The molecule has 1 N–H and O–H groups in total. The van der Waals surface area contributed by atoms with E-state index in [1.165, 1.54) is 6.20 Å². The Morgan fingerprint density at radius 2 is 1.76 bits per heavy atom. The molecule has 3 rings (SSSR count). The molecule has 25 heavy (non-hydrogen) atoms. The van der Waals surface area contributed by atoms with E-state index in [4.69, 9.17) is 0 Å². The van der Waals surface area contributed by atoms with Crippen LogP contribution in [-0.4, -0.2) is 57.8 Å². The first-order valence-corrected chi connectivity index (χ1v) is 8.23. The Balaban J connectivity index is 1.62. The van der Waals surface area contributed by atoms with Gasteiger partial charge < -0.3 is 15.1 Å². The molecule has 1 saturated heterocycles. The van der Waals surface area contributed by atoms with Gasteiger partial charge in [0.15, 0.2) is 0 Å². The normalized spacial score (nSPS) is 14.3. The Labute approximate surface area is 146 Å². The highest BCUT2D eigenvalue weighted by Crippen LogP contribution is 2.15. The molecule has 2 aromatic rings. The zero-order chi connectivity index (χ0) is 17.8. The zero-order valence-corrected chi connectivity index (χ0v) is 14.4. The van der Waals surface area contributed by atoms with E-state index in [2.05, 4.69) is 15.3 Å². The zero-order valence-electron chi connectivity index (χ0n) is 14.4. The summed E-state index contributed by atoms with van der Waals surface area (Å²) in [6.45, 7) is 5.71. The minimum Gasteiger partial charge on any atom is -0.339 e. The van der Waals surface area contributed by atoms with Gasteiger partial charge in [0.25, 0.3) is 5.91 Å². The van der Waals surface area contributed by atoms with Crippen molar-refractivity contribution in [3.63, 3.8) is 0 Å². The molecule has 0 spiro atoms. The minimum absolute atomic E-state index is 0.0402. The minimum atomic E-state index is -0.155. The van der Waals surface area contributed by atoms with E-state index in [0.717, 1.165) is 11.3 Å². The second kappa shape index (κ2) is 7.29. The molecule has 2 heterocycles. The lowest BCUT2D eigenvalue weighted by Gasteiger charge is -2.33. The molecule has 0 saturated carbocycles. The molecule has 0 aliphatic carbocycles. The highest BCUT2D eigenvalue weighted by atomic mass is 16.2. The van der Waals surface area contributed by atoms with Gasteiger partial charge in [0.2, 0.25) is 5.91 Å². The van der Waals surface area contributed by atoms with Crippen molar-refractivity contribution < 1.29 is 9.59 Å². The standard InChI is InChI=1S/C18H21N5O2/c1-13-4-3-5-15(10-13)21-17-12-19-16(11-20-17)18(25)23-8-6-22(7-9-23)14(2)24/h3-5,10-12H,6-9H2,1-2H3,(H,20,21). The van der Waals surface area contributed by atoms with Crippen molar-refractivity contribution in [2.75, 3.05) is 31.5 Å². The topological polar surface area (TPSA) is 78.4 Å². The van der Waals surface area contributed by atoms with Crippen LogP contribution in [0.4, 0.5) is 11.5 Å². The average molecular weight is 339 g/mol. The molecule has 0 atom stereocenters. The lowest BCUT2D eigenvalue weighted by atomic mass is 10.2. The Kier molecular flexibility index (Phi) is 4.92. The highest BCUT2D eigenvalue weighted by molar-refractivity contribution is 5.92. The van der Waals surface area contributed by atoms with E-state index in [1.54, 1.807) is 22.9 Å². The summed E-state index contributed by atoms with van der Waals surface area (Å²) >= 11 is 0. The number of nitrogens with zero attached hydrogens (tertiary/aromatic N) is 4. The summed E-state index contributed by atoms with van der Waals surface area (Å²) in [5, 5.41) is 3.17. The lowest BCUT2D eigenvalue weighted by Crippen LogP contribution is -2.50. The summed E-state index contributed by atoms with van der Waals surface area (Å²) in [5.41, 5.74) is 2.38. The number of nitrogens with one attached hydrogen (secondary N) is 1. The number of anilines is 2. The van der Waals surface area contributed by atoms with Crippen molar-refractivity contribution in [3.05, 3.63) is 47.9 Å². The monoisotopic (exact) mass is 339 g/mol. The van der Waals surface area contributed by atoms with Crippen molar-refractivity contribution in [2.45, 2.75) is 13.8 Å². The number of hydrogen-bond donors (Lipinski definition) is 1. The average Bonchev–Trinajstić information content (AvgIpc) is 2.62. The summed E-state index contributed by atoms with van der Waals surface area (Å²) in [6, 6.07) is 7.94.